The molecule has 0 heterocycles. The number of hydrogen-bond acceptors (Lipinski definition) is 7. The van der Waals surface area contributed by atoms with E-state index in [1.165, 1.54) is 21.1 Å². The second-order valence-electron chi connectivity index (χ2n) is 1.92. The fraction of sp³-hybridized carbons (Fsp3) is 0.857. The largest absolute Gasteiger partial charge is 0.550 e. The molecule has 88 valence electrons. The van der Waals surface area contributed by atoms with Gasteiger partial charge in [0.15, 0.2) is 0 Å². The van der Waals surface area contributed by atoms with Gasteiger partial charge in [-0.15, -0.1) is 0 Å². The predicted octanol–water partition coefficient (Wildman–Crippen LogP) is -1.76. The van der Waals surface area contributed by atoms with Gasteiger partial charge in [0.05, 0.1) is 26.9 Å². The highest BCUT2D eigenvalue weighted by atomic mass is 17.5. The van der Waals surface area contributed by atoms with Crippen molar-refractivity contribution in [3.8, 4) is 0 Å². The predicted molar refractivity (Wildman–Crippen MR) is 44.6 cm³/mol. The Bertz CT molecular complexity index is 98.2. The molecule has 0 radical (unpaired) electrons. The Labute approximate surface area is 82.7 Å². The fourth-order valence-corrected chi connectivity index (χ4v) is 0.0680. The molecule has 0 aromatic heterocycles. The van der Waals surface area contributed by atoms with Gasteiger partial charge in [0.2, 0.25) is 0 Å². The molecule has 0 aromatic rings. The Hall–Kier alpha value is -0.730. The minimum atomic E-state index is -1.08. The second-order valence-corrected chi connectivity index (χ2v) is 1.92. The van der Waals surface area contributed by atoms with E-state index in [1.54, 1.807) is 0 Å². The zero-order chi connectivity index (χ0) is 12.0. The van der Waals surface area contributed by atoms with E-state index in [0.29, 0.717) is 0 Å². The number of aliphatic hydroxyl groups is 2. The van der Waals surface area contributed by atoms with Crippen LogP contribution in [0.3, 0.4) is 0 Å². The third-order valence-electron chi connectivity index (χ3n) is 0.400. The maximum absolute atomic E-state index is 8.89. The lowest BCUT2D eigenvalue weighted by molar-refractivity contribution is -0.491. The summed E-state index contributed by atoms with van der Waals surface area (Å²) in [5.74, 6) is -1.08. The average Bonchev–Trinajstić information content (AvgIpc) is 2.06. The van der Waals surface area contributed by atoms with Crippen LogP contribution in [0.5, 0.6) is 0 Å². The Morgan fingerprint density at radius 1 is 1.43 bits per heavy atom. The lowest BCUT2D eigenvalue weighted by Crippen LogP contribution is -2.16. The van der Waals surface area contributed by atoms with E-state index in [1.807, 2.05) is 0 Å². The molecule has 2 N–H and O–H groups in total. The number of carbonyl (C=O) groups excluding carboxylic acids is 1. The number of aliphatic hydroxyl groups excluding tert-OH is 2. The molecule has 1 unspecified atom stereocenters. The second kappa shape index (κ2) is 18.1. The first-order valence-electron chi connectivity index (χ1n) is 3.62. The average molecular weight is 213 g/mol. The van der Waals surface area contributed by atoms with E-state index in [-0.39, 0.29) is 6.61 Å². The maximum Gasteiger partial charge on any atom is 0.0744 e. The van der Waals surface area contributed by atoms with Gasteiger partial charge < -0.3 is 20.1 Å². The molecule has 1 atom stereocenters. The molecule has 14 heavy (non-hydrogen) atoms. The highest BCUT2D eigenvalue weighted by Gasteiger charge is 1.83. The molecule has 0 aliphatic carbocycles. The number of carboxylic acid groups (broad SMARTS) is 1. The van der Waals surface area contributed by atoms with Crippen molar-refractivity contribution in [3.05, 3.63) is 0 Å². The quantitative estimate of drug-likeness (QED) is 0.422. The topological polar surface area (TPSA) is 108 Å². The molecule has 0 saturated heterocycles. The summed E-state index contributed by atoms with van der Waals surface area (Å²) in [6, 6.07) is 0. The SMILES string of the molecule is CC(=O)[O-].CC(O)CO.COOOC. The summed E-state index contributed by atoms with van der Waals surface area (Å²) in [4.78, 5) is 16.8. The van der Waals surface area contributed by atoms with Crippen LogP contribution in [0, 0.1) is 0 Å². The summed E-state index contributed by atoms with van der Waals surface area (Å²) in [5, 5.41) is 28.7. The molecule has 0 aromatic carbocycles. The number of carbonyl (C=O) groups is 1. The van der Waals surface area contributed by atoms with Gasteiger partial charge in [-0.25, -0.2) is 9.78 Å². The molecule has 0 rings (SSSR count). The summed E-state index contributed by atoms with van der Waals surface area (Å²) >= 11 is 0. The van der Waals surface area contributed by atoms with E-state index in [4.69, 9.17) is 20.1 Å². The molecule has 7 nitrogen and oxygen atoms in total. The van der Waals surface area contributed by atoms with Gasteiger partial charge in [0.1, 0.15) is 0 Å². The third kappa shape index (κ3) is 111. The monoisotopic (exact) mass is 213 g/mol. The normalized spacial score (nSPS) is 10.1. The van der Waals surface area contributed by atoms with Crippen molar-refractivity contribution >= 4 is 5.97 Å². The molecular weight excluding hydrogens is 196 g/mol. The van der Waals surface area contributed by atoms with Crippen LogP contribution in [0.4, 0.5) is 0 Å². The first-order chi connectivity index (χ1) is 6.42. The molecule has 0 aliphatic rings. The maximum atomic E-state index is 8.89. The molecule has 0 spiro atoms. The Kier molecular flexibility index (Phi) is 24.5. The lowest BCUT2D eigenvalue weighted by atomic mass is 10.5. The molecule has 0 amide bonds. The van der Waals surface area contributed by atoms with Gasteiger partial charge in [0, 0.05) is 5.97 Å². The van der Waals surface area contributed by atoms with Crippen molar-refractivity contribution in [2.75, 3.05) is 20.8 Å². The van der Waals surface area contributed by atoms with E-state index in [0.717, 1.165) is 6.92 Å². The Morgan fingerprint density at radius 2 is 1.64 bits per heavy atom. The van der Waals surface area contributed by atoms with Gasteiger partial charge in [-0.05, 0) is 13.8 Å². The zero-order valence-electron chi connectivity index (χ0n) is 8.72. The van der Waals surface area contributed by atoms with E-state index in [2.05, 4.69) is 14.8 Å². The van der Waals surface area contributed by atoms with E-state index >= 15 is 0 Å². The summed E-state index contributed by atoms with van der Waals surface area (Å²) in [6.07, 6.45) is -0.560. The van der Waals surface area contributed by atoms with E-state index in [9.17, 15) is 0 Å². The van der Waals surface area contributed by atoms with Crippen molar-refractivity contribution in [2.45, 2.75) is 20.0 Å². The Balaban J connectivity index is -0.000000131. The molecule has 0 aliphatic heterocycles. The summed E-state index contributed by atoms with van der Waals surface area (Å²) in [7, 11) is 2.73. The van der Waals surface area contributed by atoms with Crippen molar-refractivity contribution in [3.63, 3.8) is 0 Å². The zero-order valence-corrected chi connectivity index (χ0v) is 8.72. The van der Waals surface area contributed by atoms with Crippen LogP contribution in [0.15, 0.2) is 0 Å². The van der Waals surface area contributed by atoms with Crippen LogP contribution in [0.2, 0.25) is 0 Å². The lowest BCUT2D eigenvalue weighted by Gasteiger charge is -1.90. The van der Waals surface area contributed by atoms with Crippen LogP contribution >= 0.6 is 0 Å². The molecule has 0 bridgehead atoms. The first kappa shape index (κ1) is 18.9. The first-order valence-corrected chi connectivity index (χ1v) is 3.62. The third-order valence-corrected chi connectivity index (χ3v) is 0.400. The van der Waals surface area contributed by atoms with Gasteiger partial charge >= 0.3 is 0 Å². The molecular formula is C7H17O7-. The summed E-state index contributed by atoms with van der Waals surface area (Å²) in [6.45, 7) is 2.36. The van der Waals surface area contributed by atoms with Crippen molar-refractivity contribution < 1.29 is 34.9 Å². The van der Waals surface area contributed by atoms with Gasteiger partial charge in [-0.1, -0.05) is 5.04 Å². The fourth-order valence-electron chi connectivity index (χ4n) is 0.0680. The number of hydrogen-bond donors (Lipinski definition) is 2. The van der Waals surface area contributed by atoms with Crippen molar-refractivity contribution in [1.82, 2.24) is 0 Å². The van der Waals surface area contributed by atoms with Crippen LogP contribution in [0.1, 0.15) is 13.8 Å². The van der Waals surface area contributed by atoms with Crippen molar-refractivity contribution in [1.29, 1.82) is 0 Å². The number of aliphatic carboxylic acids is 1. The van der Waals surface area contributed by atoms with Crippen LogP contribution < -0.4 is 5.11 Å². The van der Waals surface area contributed by atoms with Crippen LogP contribution in [-0.4, -0.2) is 43.1 Å². The molecule has 0 fully saturated rings. The van der Waals surface area contributed by atoms with Gasteiger partial charge in [0.25, 0.3) is 0 Å². The summed E-state index contributed by atoms with van der Waals surface area (Å²) in [5.41, 5.74) is 0. The minimum absolute atomic E-state index is 0.139. The molecule has 7 heteroatoms. The van der Waals surface area contributed by atoms with E-state index < -0.39 is 12.1 Å². The molecule has 0 saturated carbocycles. The summed E-state index contributed by atoms with van der Waals surface area (Å²) < 4.78 is 0. The highest BCUT2D eigenvalue weighted by molar-refractivity contribution is 5.60. The van der Waals surface area contributed by atoms with Gasteiger partial charge in [-0.2, -0.15) is 0 Å². The smallest absolute Gasteiger partial charge is 0.0744 e. The van der Waals surface area contributed by atoms with Crippen molar-refractivity contribution in [2.24, 2.45) is 0 Å². The van der Waals surface area contributed by atoms with Crippen LogP contribution in [-0.2, 0) is 19.6 Å². The minimum Gasteiger partial charge on any atom is -0.550 e. The Morgan fingerprint density at radius 3 is 1.64 bits per heavy atom. The number of rotatable bonds is 3. The van der Waals surface area contributed by atoms with Gasteiger partial charge in [-0.3, -0.25) is 0 Å². The standard InChI is InChI=1S/C3H8O2.C2H6O3.C2H4O2/c1-3(5)2-4;1-3-5-4-2;1-2(3)4/h3-5H,2H2,1H3;1-2H3;1H3,(H,3,4)/p-1. The van der Waals surface area contributed by atoms with Crippen LogP contribution in [0.25, 0.3) is 0 Å². The highest BCUT2D eigenvalue weighted by Crippen LogP contribution is 1.68. The number of carboxylic acids is 1.